The van der Waals surface area contributed by atoms with Crippen molar-refractivity contribution in [3.8, 4) is 0 Å². The first-order chi connectivity index (χ1) is 37.0. The third-order valence-electron chi connectivity index (χ3n) is 19.4. The summed E-state index contributed by atoms with van der Waals surface area (Å²) in [5, 5.41) is 14.0. The number of nitrogens with zero attached hydrogens (tertiary/aromatic N) is 2. The molecule has 9 heterocycles. The zero-order valence-corrected chi connectivity index (χ0v) is 47.0. The van der Waals surface area contributed by atoms with Crippen molar-refractivity contribution in [3.63, 3.8) is 0 Å². The van der Waals surface area contributed by atoms with Crippen LogP contribution < -0.4 is 21.3 Å². The average Bonchev–Trinajstić information content (AvgIpc) is 4.09. The second-order valence-electron chi connectivity index (χ2n) is 24.4. The van der Waals surface area contributed by atoms with Crippen LogP contribution in [-0.2, 0) is 57.7 Å². The molecule has 1 aromatic carbocycles. The number of nitrogens with one attached hydrogen (secondary N) is 4. The highest BCUT2D eigenvalue weighted by molar-refractivity contribution is 6.31. The smallest absolute Gasteiger partial charge is 0.223 e. The molecular formula is C58H85ClN6O12. The molecular weight excluding hydrogens is 1010 g/mol. The molecule has 16 atom stereocenters. The van der Waals surface area contributed by atoms with E-state index in [4.69, 9.17) is 50.1 Å². The van der Waals surface area contributed by atoms with Gasteiger partial charge in [0.05, 0.1) is 17.7 Å². The van der Waals surface area contributed by atoms with Gasteiger partial charge in [-0.2, -0.15) is 0 Å². The Morgan fingerprint density at radius 2 is 1.17 bits per heavy atom. The summed E-state index contributed by atoms with van der Waals surface area (Å²) in [6, 6.07) is 7.42. The lowest BCUT2D eigenvalue weighted by atomic mass is 9.57. The van der Waals surface area contributed by atoms with E-state index in [1.165, 1.54) is 0 Å². The van der Waals surface area contributed by atoms with Gasteiger partial charge in [-0.1, -0.05) is 39.3 Å². The van der Waals surface area contributed by atoms with Crippen LogP contribution in [0.4, 0.5) is 5.69 Å². The van der Waals surface area contributed by atoms with Crippen molar-refractivity contribution in [2.75, 3.05) is 44.6 Å². The van der Waals surface area contributed by atoms with E-state index in [0.29, 0.717) is 101 Å². The molecule has 0 radical (unpaired) electrons. The number of carbonyl (C=O) groups excluding carboxylic acids is 4. The van der Waals surface area contributed by atoms with Crippen molar-refractivity contribution in [2.24, 2.45) is 47.3 Å². The van der Waals surface area contributed by atoms with Crippen molar-refractivity contribution >= 4 is 51.8 Å². The Hall–Kier alpha value is -3.72. The largest absolute Gasteiger partial charge is 0.383 e. The van der Waals surface area contributed by atoms with E-state index in [1.807, 2.05) is 38.1 Å². The monoisotopic (exact) mass is 1090 g/mol. The van der Waals surface area contributed by atoms with Gasteiger partial charge in [0.15, 0.2) is 23.8 Å². The quantitative estimate of drug-likeness (QED) is 0.0645. The topological polar surface area (TPSA) is 206 Å². The van der Waals surface area contributed by atoms with Gasteiger partial charge in [0.1, 0.15) is 0 Å². The molecule has 8 aliphatic heterocycles. The first kappa shape index (κ1) is 56.6. The van der Waals surface area contributed by atoms with Crippen LogP contribution in [-0.4, -0.2) is 120 Å². The Morgan fingerprint density at radius 3 is 1.77 bits per heavy atom. The summed E-state index contributed by atoms with van der Waals surface area (Å²) < 4.78 is 26.5. The molecule has 2 spiro atoms. The van der Waals surface area contributed by atoms with Crippen LogP contribution >= 0.6 is 11.6 Å². The predicted molar refractivity (Wildman–Crippen MR) is 286 cm³/mol. The first-order valence-electron chi connectivity index (χ1n) is 29.3. The summed E-state index contributed by atoms with van der Waals surface area (Å²) in [7, 11) is 0. The fourth-order valence-electron chi connectivity index (χ4n) is 15.0. The van der Waals surface area contributed by atoms with Gasteiger partial charge in [0.2, 0.25) is 35.2 Å². The molecule has 1 aromatic heterocycles. The Bertz CT molecular complexity index is 2440. The number of halogens is 1. The lowest BCUT2D eigenvalue weighted by Crippen LogP contribution is -2.70. The molecule has 2 saturated carbocycles. The van der Waals surface area contributed by atoms with Gasteiger partial charge in [0, 0.05) is 112 Å². The van der Waals surface area contributed by atoms with Gasteiger partial charge in [0.25, 0.3) is 0 Å². The van der Waals surface area contributed by atoms with E-state index in [-0.39, 0.29) is 84.2 Å². The third kappa shape index (κ3) is 11.8. The lowest BCUT2D eigenvalue weighted by Gasteiger charge is -2.60. The molecule has 4 bridgehead atoms. The van der Waals surface area contributed by atoms with Crippen LogP contribution in [0.3, 0.4) is 0 Å². The Kier molecular flexibility index (Phi) is 17.5. The van der Waals surface area contributed by atoms with E-state index >= 15 is 0 Å². The second-order valence-corrected chi connectivity index (χ2v) is 24.8. The molecule has 4 N–H and O–H groups in total. The van der Waals surface area contributed by atoms with Crippen LogP contribution in [0.2, 0.25) is 5.02 Å². The standard InChI is InChI=1S/C58H85ClN6O12/c1-35-10-14-43-37(3)47(70-53-57(43)41(35)22-25-55(5,72-53)74-76-57)16-18-49(66)62-27-7-8-32-65(52(69)21-20-51(68)64-31-30-61-45-24-29-60-46-34-39(59)12-13-40(45)46)33-9-28-63-50(67)19-17-48-38(4)44-15-11-36(2)42-23-26-56(6)73-54(71-48)58(42,44)77-75-56/h12-13,24,29,34-38,41-44,47-48,53-54H,7-11,14-23,25-28,30-33H2,1-6H3,(H,60,61)(H,62,66)(H,63,67)(H,64,68)/t35-,36-,37-,38-,41+,42+,43+,44+,47-,48-,53-,54-,55-,56-,57-,58-/m1/s1. The Labute approximate surface area is 459 Å². The molecule has 426 valence electrons. The molecule has 19 heteroatoms. The highest BCUT2D eigenvalue weighted by Gasteiger charge is 2.70. The molecule has 10 fully saturated rings. The zero-order valence-electron chi connectivity index (χ0n) is 46.2. The number of pyridine rings is 1. The summed E-state index contributed by atoms with van der Waals surface area (Å²) in [5.41, 5.74) is 0.396. The van der Waals surface area contributed by atoms with Crippen LogP contribution in [0.15, 0.2) is 30.5 Å². The van der Waals surface area contributed by atoms with Crippen molar-refractivity contribution in [1.82, 2.24) is 25.8 Å². The predicted octanol–water partition coefficient (Wildman–Crippen LogP) is 8.49. The summed E-state index contributed by atoms with van der Waals surface area (Å²) in [5.74, 6) is 0.112. The van der Waals surface area contributed by atoms with Crippen LogP contribution in [0.5, 0.6) is 0 Å². The molecule has 77 heavy (non-hydrogen) atoms. The number of unbranched alkanes of at least 4 members (excludes halogenated alkanes) is 1. The van der Waals surface area contributed by atoms with Gasteiger partial charge in [-0.3, -0.25) is 24.2 Å². The minimum absolute atomic E-state index is 0.0385. The van der Waals surface area contributed by atoms with Gasteiger partial charge < -0.3 is 45.1 Å². The van der Waals surface area contributed by atoms with Crippen LogP contribution in [0.25, 0.3) is 10.9 Å². The number of aromatic nitrogens is 1. The first-order valence-corrected chi connectivity index (χ1v) is 29.6. The van der Waals surface area contributed by atoms with E-state index < -0.39 is 35.4 Å². The number of hydrogen-bond acceptors (Lipinski definition) is 14. The number of amides is 4. The number of fused-ring (bicyclic) bond motifs is 5. The van der Waals surface area contributed by atoms with Crippen molar-refractivity contribution < 1.29 is 57.7 Å². The average molecular weight is 1090 g/mol. The molecule has 18 nitrogen and oxygen atoms in total. The SMILES string of the molecule is C[C@H]1[C@@H](CCC(=O)NCCCCN(CCCNC(=O)CC[C@H]2O[C@@H]3O[C@@]4(C)CC[C@H]5[C@H](C)CC[C@@H]([C@H]2C)[C@@]35OO4)C(=O)CCC(=O)NCCNc2ccnc3cc(Cl)ccc23)O[C@@H]2O[C@@]3(C)CC[C@H]4[C@H](C)CC[C@@H]1[C@@]24OO3. The molecule has 2 aliphatic carbocycles. The number of carbonyl (C=O) groups is 4. The number of anilines is 1. The molecule has 10 aliphatic rings. The Balaban J connectivity index is 0.675. The summed E-state index contributed by atoms with van der Waals surface area (Å²) in [4.78, 5) is 84.2. The maximum absolute atomic E-state index is 13.8. The van der Waals surface area contributed by atoms with Crippen LogP contribution in [0.1, 0.15) is 151 Å². The van der Waals surface area contributed by atoms with Crippen molar-refractivity contribution in [1.29, 1.82) is 0 Å². The summed E-state index contributed by atoms with van der Waals surface area (Å²) in [6.07, 6.45) is 11.7. The fourth-order valence-corrected chi connectivity index (χ4v) is 15.2. The number of benzene rings is 1. The third-order valence-corrected chi connectivity index (χ3v) is 19.6. The molecule has 8 saturated heterocycles. The van der Waals surface area contributed by atoms with Crippen molar-refractivity contribution in [2.45, 2.75) is 198 Å². The van der Waals surface area contributed by atoms with Gasteiger partial charge in [-0.05, 0) is 144 Å². The minimum Gasteiger partial charge on any atom is -0.383 e. The van der Waals surface area contributed by atoms with Gasteiger partial charge >= 0.3 is 0 Å². The highest BCUT2D eigenvalue weighted by Crippen LogP contribution is 2.62. The number of hydrogen-bond donors (Lipinski definition) is 4. The minimum atomic E-state index is -0.854. The maximum Gasteiger partial charge on any atom is 0.223 e. The maximum atomic E-state index is 13.8. The lowest BCUT2D eigenvalue weighted by molar-refractivity contribution is -0.571. The van der Waals surface area contributed by atoms with Crippen molar-refractivity contribution in [3.05, 3.63) is 35.5 Å². The fraction of sp³-hybridized carbons (Fsp3) is 0.776. The zero-order chi connectivity index (χ0) is 54.1. The van der Waals surface area contributed by atoms with E-state index in [1.54, 1.807) is 11.1 Å². The highest BCUT2D eigenvalue weighted by atomic mass is 35.5. The van der Waals surface area contributed by atoms with E-state index in [2.05, 4.69) is 53.9 Å². The molecule has 4 amide bonds. The number of ether oxygens (including phenoxy) is 4. The number of rotatable bonds is 22. The summed E-state index contributed by atoms with van der Waals surface area (Å²) >= 11 is 6.16. The Morgan fingerprint density at radius 1 is 0.623 bits per heavy atom. The molecule has 2 aromatic rings. The normalized spacial score (nSPS) is 37.6. The van der Waals surface area contributed by atoms with E-state index in [0.717, 1.165) is 68.0 Å². The van der Waals surface area contributed by atoms with E-state index in [9.17, 15) is 19.2 Å². The molecule has 12 rings (SSSR count). The van der Waals surface area contributed by atoms with Gasteiger partial charge in [-0.25, -0.2) is 19.6 Å². The summed E-state index contributed by atoms with van der Waals surface area (Å²) in [6.45, 7) is 15.5. The van der Waals surface area contributed by atoms with Gasteiger partial charge in [-0.15, -0.1) is 0 Å². The second kappa shape index (κ2) is 23.8. The molecule has 0 unspecified atom stereocenters. The van der Waals surface area contributed by atoms with Crippen LogP contribution in [0, 0.1) is 47.3 Å².